The zero-order valence-corrected chi connectivity index (χ0v) is 30.7. The fourth-order valence-corrected chi connectivity index (χ4v) is 7.66. The Morgan fingerprint density at radius 1 is 1.06 bits per heavy atom. The first kappa shape index (κ1) is 35.1. The number of carboxylic acids is 1. The lowest BCUT2D eigenvalue weighted by atomic mass is 9.95. The summed E-state index contributed by atoms with van der Waals surface area (Å²) in [5.41, 5.74) is 2.75. The Labute approximate surface area is 297 Å². The molecule has 250 valence electrons. The standard InChI is InChI=1S/C35H32Br2N2O8S/c1-6-45-34(43)29-19(4)38-35-39(30(29)23-11-12-26(47-18(2)3)27(16-23)44-5)32(40)28(48-35)15-21-13-24(36)31(25(37)14-21)46-17-20-7-9-22(10-8-20)33(41)42/h7-16,18,30H,6,17H2,1-5H3,(H,41,42)/b28-15-/t30-/m1/s1. The van der Waals surface area contributed by atoms with Gasteiger partial charge in [-0.15, -0.1) is 0 Å². The topological polar surface area (TPSA) is 126 Å². The predicted octanol–water partition coefficient (Wildman–Crippen LogP) is 6.40. The molecular weight excluding hydrogens is 768 g/mol. The second kappa shape index (κ2) is 14.9. The maximum atomic E-state index is 14.1. The van der Waals surface area contributed by atoms with Crippen molar-refractivity contribution in [2.24, 2.45) is 4.99 Å². The second-order valence-corrected chi connectivity index (χ2v) is 13.7. The van der Waals surface area contributed by atoms with Gasteiger partial charge in [0.25, 0.3) is 5.56 Å². The molecule has 0 aliphatic carbocycles. The molecule has 0 fully saturated rings. The normalized spacial score (nSPS) is 14.4. The molecule has 10 nitrogen and oxygen atoms in total. The number of hydrogen-bond donors (Lipinski definition) is 1. The summed E-state index contributed by atoms with van der Waals surface area (Å²) in [5, 5.41) is 9.13. The number of aromatic nitrogens is 1. The minimum atomic E-state index is -0.993. The minimum absolute atomic E-state index is 0.0850. The Morgan fingerprint density at radius 2 is 1.75 bits per heavy atom. The molecule has 1 aliphatic heterocycles. The van der Waals surface area contributed by atoms with Gasteiger partial charge in [0.2, 0.25) is 0 Å². The number of carboxylic acid groups (broad SMARTS) is 1. The zero-order chi connectivity index (χ0) is 34.7. The van der Waals surface area contributed by atoms with Gasteiger partial charge in [0, 0.05) is 0 Å². The number of allylic oxidation sites excluding steroid dienone is 1. The third-order valence-electron chi connectivity index (χ3n) is 7.29. The summed E-state index contributed by atoms with van der Waals surface area (Å²) < 4.78 is 26.2. The van der Waals surface area contributed by atoms with Gasteiger partial charge in [0.15, 0.2) is 16.3 Å². The molecule has 13 heteroatoms. The molecule has 4 aromatic rings. The van der Waals surface area contributed by atoms with Crippen LogP contribution >= 0.6 is 43.2 Å². The van der Waals surface area contributed by atoms with E-state index >= 15 is 0 Å². The molecule has 2 heterocycles. The molecule has 48 heavy (non-hydrogen) atoms. The van der Waals surface area contributed by atoms with Crippen molar-refractivity contribution >= 4 is 61.2 Å². The third kappa shape index (κ3) is 7.43. The molecule has 0 saturated heterocycles. The van der Waals surface area contributed by atoms with Crippen molar-refractivity contribution in [3.05, 3.63) is 117 Å². The highest BCUT2D eigenvalue weighted by Gasteiger charge is 2.34. The minimum Gasteiger partial charge on any atom is -0.493 e. The lowest BCUT2D eigenvalue weighted by Crippen LogP contribution is -2.40. The molecule has 5 rings (SSSR count). The van der Waals surface area contributed by atoms with Gasteiger partial charge in [0.05, 0.1) is 56.2 Å². The van der Waals surface area contributed by atoms with E-state index in [0.29, 0.717) is 52.4 Å². The number of nitrogens with zero attached hydrogens (tertiary/aromatic N) is 2. The largest absolute Gasteiger partial charge is 0.493 e. The molecular formula is C35H32Br2N2O8S. The summed E-state index contributed by atoms with van der Waals surface area (Å²) in [7, 11) is 1.54. The average molecular weight is 801 g/mol. The van der Waals surface area contributed by atoms with Gasteiger partial charge in [-0.3, -0.25) is 9.36 Å². The number of esters is 1. The van der Waals surface area contributed by atoms with Gasteiger partial charge in [0.1, 0.15) is 12.4 Å². The van der Waals surface area contributed by atoms with Crippen molar-refractivity contribution < 1.29 is 33.6 Å². The van der Waals surface area contributed by atoms with Crippen LogP contribution in [-0.2, 0) is 16.1 Å². The fourth-order valence-electron chi connectivity index (χ4n) is 5.16. The molecule has 0 amide bonds. The highest BCUT2D eigenvalue weighted by atomic mass is 79.9. The number of benzene rings is 3. The molecule has 0 bridgehead atoms. The molecule has 0 saturated carbocycles. The Kier molecular flexibility index (Phi) is 10.9. The number of carbonyl (C=O) groups is 2. The number of methoxy groups -OCH3 is 1. The molecule has 1 aliphatic rings. The first-order chi connectivity index (χ1) is 22.9. The van der Waals surface area contributed by atoms with E-state index in [1.807, 2.05) is 32.0 Å². The highest BCUT2D eigenvalue weighted by molar-refractivity contribution is 9.11. The van der Waals surface area contributed by atoms with Gasteiger partial charge >= 0.3 is 11.9 Å². The average Bonchev–Trinajstić information content (AvgIpc) is 3.33. The summed E-state index contributed by atoms with van der Waals surface area (Å²) >= 11 is 8.38. The van der Waals surface area contributed by atoms with E-state index in [4.69, 9.17) is 24.1 Å². The third-order valence-corrected chi connectivity index (χ3v) is 9.45. The number of carbonyl (C=O) groups excluding carboxylic acids is 1. The summed E-state index contributed by atoms with van der Waals surface area (Å²) in [6.45, 7) is 7.67. The van der Waals surface area contributed by atoms with Gasteiger partial charge < -0.3 is 24.1 Å². The van der Waals surface area contributed by atoms with E-state index in [2.05, 4.69) is 36.9 Å². The van der Waals surface area contributed by atoms with Crippen LogP contribution < -0.4 is 29.1 Å². The quantitative estimate of drug-likeness (QED) is 0.173. The molecule has 0 radical (unpaired) electrons. The molecule has 1 aromatic heterocycles. The van der Waals surface area contributed by atoms with Gasteiger partial charge in [-0.1, -0.05) is 29.5 Å². The number of rotatable bonds is 11. The molecule has 1 N–H and O–H groups in total. The Balaban J connectivity index is 1.54. The van der Waals surface area contributed by atoms with Gasteiger partial charge in [-0.05, 0) is 119 Å². The Hall–Kier alpha value is -4.20. The molecule has 0 unspecified atom stereocenters. The van der Waals surface area contributed by atoms with Crippen LogP contribution in [0.2, 0.25) is 0 Å². The first-order valence-corrected chi connectivity index (χ1v) is 17.3. The van der Waals surface area contributed by atoms with Crippen LogP contribution in [-0.4, -0.2) is 41.4 Å². The number of halogens is 2. The fraction of sp³-hybridized carbons (Fsp3) is 0.257. The van der Waals surface area contributed by atoms with Crippen LogP contribution in [0.1, 0.15) is 60.8 Å². The Morgan fingerprint density at radius 3 is 2.35 bits per heavy atom. The number of hydrogen-bond acceptors (Lipinski definition) is 9. The van der Waals surface area contributed by atoms with Gasteiger partial charge in [-0.25, -0.2) is 14.6 Å². The van der Waals surface area contributed by atoms with Crippen LogP contribution in [0.25, 0.3) is 6.08 Å². The van der Waals surface area contributed by atoms with Crippen LogP contribution in [0.5, 0.6) is 17.2 Å². The van der Waals surface area contributed by atoms with E-state index in [0.717, 1.165) is 5.56 Å². The summed E-state index contributed by atoms with van der Waals surface area (Å²) in [6.07, 6.45) is 1.67. The number of ether oxygens (including phenoxy) is 4. The Bertz CT molecular complexity index is 2080. The van der Waals surface area contributed by atoms with Crippen LogP contribution in [0.4, 0.5) is 0 Å². The SMILES string of the molecule is CCOC(=O)C1=C(C)N=c2s/c(=C\c3cc(Br)c(OCc4ccc(C(=O)O)cc4)c(Br)c3)c(=O)n2[C@@H]1c1ccc(OC(C)C)c(OC)c1. The summed E-state index contributed by atoms with van der Waals surface area (Å²) in [4.78, 5) is 43.7. The van der Waals surface area contributed by atoms with Crippen LogP contribution in [0, 0.1) is 0 Å². The van der Waals surface area contributed by atoms with Crippen LogP contribution in [0.15, 0.2) is 84.6 Å². The highest BCUT2D eigenvalue weighted by Crippen LogP contribution is 2.37. The summed E-state index contributed by atoms with van der Waals surface area (Å²) in [5.74, 6) is 0.00887. The second-order valence-electron chi connectivity index (χ2n) is 11.0. The first-order valence-electron chi connectivity index (χ1n) is 14.9. The van der Waals surface area contributed by atoms with E-state index in [1.165, 1.54) is 35.1 Å². The van der Waals surface area contributed by atoms with Crippen molar-refractivity contribution in [1.29, 1.82) is 0 Å². The lowest BCUT2D eigenvalue weighted by molar-refractivity contribution is -0.139. The molecule has 3 aromatic carbocycles. The maximum absolute atomic E-state index is 14.1. The molecule has 1 atom stereocenters. The van der Waals surface area contributed by atoms with Crippen molar-refractivity contribution in [1.82, 2.24) is 4.57 Å². The van der Waals surface area contributed by atoms with E-state index in [-0.39, 0.29) is 36.0 Å². The monoisotopic (exact) mass is 798 g/mol. The number of aromatic carboxylic acids is 1. The predicted molar refractivity (Wildman–Crippen MR) is 189 cm³/mol. The van der Waals surface area contributed by atoms with Crippen molar-refractivity contribution in [2.75, 3.05) is 13.7 Å². The maximum Gasteiger partial charge on any atom is 0.338 e. The smallest absolute Gasteiger partial charge is 0.338 e. The van der Waals surface area contributed by atoms with Crippen LogP contribution in [0.3, 0.4) is 0 Å². The number of thiazole rings is 1. The van der Waals surface area contributed by atoms with Crippen molar-refractivity contribution in [3.8, 4) is 17.2 Å². The van der Waals surface area contributed by atoms with E-state index < -0.39 is 18.0 Å². The summed E-state index contributed by atoms with van der Waals surface area (Å²) in [6, 6.07) is 14.6. The zero-order valence-electron chi connectivity index (χ0n) is 26.7. The number of fused-ring (bicyclic) bond motifs is 1. The van der Waals surface area contributed by atoms with Crippen molar-refractivity contribution in [3.63, 3.8) is 0 Å². The van der Waals surface area contributed by atoms with Gasteiger partial charge in [-0.2, -0.15) is 0 Å². The molecule has 0 spiro atoms. The van der Waals surface area contributed by atoms with Crippen molar-refractivity contribution in [2.45, 2.75) is 46.4 Å². The lowest BCUT2D eigenvalue weighted by Gasteiger charge is -2.25. The van der Waals surface area contributed by atoms with E-state index in [1.54, 1.807) is 44.2 Å². The van der Waals surface area contributed by atoms with E-state index in [9.17, 15) is 14.4 Å².